The number of aromatic nitrogens is 4. The molecule has 1 unspecified atom stereocenters. The highest BCUT2D eigenvalue weighted by Gasteiger charge is 2.37. The maximum Gasteiger partial charge on any atom is 0.266 e. The molecule has 2 fully saturated rings. The fourth-order valence-corrected chi connectivity index (χ4v) is 5.18. The molecule has 4 rings (SSSR count). The van der Waals surface area contributed by atoms with E-state index in [-0.39, 0.29) is 23.2 Å². The molecule has 2 aromatic heterocycles. The zero-order chi connectivity index (χ0) is 18.5. The minimum absolute atomic E-state index is 0.0661. The van der Waals surface area contributed by atoms with Gasteiger partial charge in [0.05, 0.1) is 12.2 Å². The summed E-state index contributed by atoms with van der Waals surface area (Å²) in [5, 5.41) is 4.53. The lowest BCUT2D eigenvalue weighted by Crippen LogP contribution is -2.40. The van der Waals surface area contributed by atoms with Crippen LogP contribution in [0.3, 0.4) is 0 Å². The zero-order valence-electron chi connectivity index (χ0n) is 15.0. The van der Waals surface area contributed by atoms with Gasteiger partial charge in [-0.3, -0.25) is 4.79 Å². The number of hydrogen-bond donors (Lipinski definition) is 0. The Labute approximate surface area is 152 Å². The van der Waals surface area contributed by atoms with Crippen molar-refractivity contribution in [2.75, 3.05) is 6.54 Å². The molecule has 1 aliphatic heterocycles. The summed E-state index contributed by atoms with van der Waals surface area (Å²) in [5.74, 6) is 1.09. The highest BCUT2D eigenvalue weighted by atomic mass is 32.2. The molecule has 0 spiro atoms. The molecular formula is C17H23N5O3S. The van der Waals surface area contributed by atoms with E-state index in [9.17, 15) is 13.2 Å². The third-order valence-corrected chi connectivity index (χ3v) is 7.07. The van der Waals surface area contributed by atoms with Crippen LogP contribution in [0.1, 0.15) is 43.1 Å². The maximum atomic E-state index is 13.0. The van der Waals surface area contributed by atoms with Gasteiger partial charge in [0.2, 0.25) is 0 Å². The highest BCUT2D eigenvalue weighted by Crippen LogP contribution is 2.38. The summed E-state index contributed by atoms with van der Waals surface area (Å²) in [6.07, 6.45) is 5.24. The van der Waals surface area contributed by atoms with Crippen molar-refractivity contribution in [1.82, 2.24) is 23.6 Å². The predicted octanol–water partition coefficient (Wildman–Crippen LogP) is 1.02. The second-order valence-electron chi connectivity index (χ2n) is 7.20. The predicted molar refractivity (Wildman–Crippen MR) is 95.3 cm³/mol. The molecule has 1 aliphatic carbocycles. The zero-order valence-corrected chi connectivity index (χ0v) is 15.8. The van der Waals surface area contributed by atoms with Gasteiger partial charge in [-0.05, 0) is 38.7 Å². The van der Waals surface area contributed by atoms with Crippen molar-refractivity contribution in [2.45, 2.75) is 56.1 Å². The molecule has 140 valence electrons. The van der Waals surface area contributed by atoms with Crippen molar-refractivity contribution >= 4 is 10.0 Å². The summed E-state index contributed by atoms with van der Waals surface area (Å²) in [6.45, 7) is 2.50. The largest absolute Gasteiger partial charge is 0.337 e. The Morgan fingerprint density at radius 1 is 1.23 bits per heavy atom. The van der Waals surface area contributed by atoms with Crippen molar-refractivity contribution in [1.29, 1.82) is 0 Å². The lowest BCUT2D eigenvalue weighted by Gasteiger charge is -2.23. The quantitative estimate of drug-likeness (QED) is 0.776. The summed E-state index contributed by atoms with van der Waals surface area (Å²) >= 11 is 0. The van der Waals surface area contributed by atoms with Crippen LogP contribution in [0.4, 0.5) is 0 Å². The van der Waals surface area contributed by atoms with Crippen LogP contribution < -0.4 is 5.56 Å². The molecule has 0 N–H and O–H groups in total. The van der Waals surface area contributed by atoms with Crippen LogP contribution >= 0.6 is 0 Å². The summed E-state index contributed by atoms with van der Waals surface area (Å²) in [4.78, 5) is 16.4. The molecule has 8 nitrogen and oxygen atoms in total. The topological polar surface area (TPSA) is 90.1 Å². The fourth-order valence-electron chi connectivity index (χ4n) is 3.47. The number of aryl methyl sites for hydroxylation is 2. The van der Waals surface area contributed by atoms with Crippen molar-refractivity contribution in [3.05, 3.63) is 40.2 Å². The molecule has 1 atom stereocenters. The van der Waals surface area contributed by atoms with E-state index < -0.39 is 10.0 Å². The maximum absolute atomic E-state index is 13.0. The lowest BCUT2D eigenvalue weighted by molar-refractivity contribution is 0.333. The monoisotopic (exact) mass is 377 g/mol. The molecule has 2 aliphatic rings. The molecule has 0 amide bonds. The smallest absolute Gasteiger partial charge is 0.266 e. The average Bonchev–Trinajstić information content (AvgIpc) is 3.24. The Hall–Kier alpha value is -2.00. The SMILES string of the molecule is Cc1nc(S(=O)(=O)N2CCCC2Cn2nc(C3CC3)ccc2=O)cn1C. The summed E-state index contributed by atoms with van der Waals surface area (Å²) in [7, 11) is -1.90. The van der Waals surface area contributed by atoms with E-state index in [2.05, 4.69) is 10.1 Å². The molecule has 0 bridgehead atoms. The van der Waals surface area contributed by atoms with E-state index in [1.165, 1.54) is 21.3 Å². The second-order valence-corrected chi connectivity index (χ2v) is 9.04. The van der Waals surface area contributed by atoms with Crippen LogP contribution in [0.15, 0.2) is 28.2 Å². The Balaban J connectivity index is 1.61. The van der Waals surface area contributed by atoms with Crippen LogP contribution in [0.2, 0.25) is 0 Å². The third kappa shape index (κ3) is 3.09. The van der Waals surface area contributed by atoms with Gasteiger partial charge in [0.15, 0.2) is 5.03 Å². The first-order valence-electron chi connectivity index (χ1n) is 8.96. The molecule has 26 heavy (non-hydrogen) atoms. The van der Waals surface area contributed by atoms with Crippen LogP contribution in [0, 0.1) is 6.92 Å². The van der Waals surface area contributed by atoms with E-state index in [1.807, 2.05) is 0 Å². The fraction of sp³-hybridized carbons (Fsp3) is 0.588. The van der Waals surface area contributed by atoms with E-state index >= 15 is 0 Å². The van der Waals surface area contributed by atoms with Crippen molar-refractivity contribution in [3.63, 3.8) is 0 Å². The molecule has 1 saturated heterocycles. The van der Waals surface area contributed by atoms with Gasteiger partial charge in [-0.15, -0.1) is 0 Å². The molecule has 2 aromatic rings. The van der Waals surface area contributed by atoms with E-state index in [0.29, 0.717) is 24.7 Å². The van der Waals surface area contributed by atoms with Gasteiger partial charge in [0, 0.05) is 37.8 Å². The summed E-state index contributed by atoms with van der Waals surface area (Å²) in [6, 6.07) is 3.05. The Morgan fingerprint density at radius 3 is 2.65 bits per heavy atom. The first kappa shape index (κ1) is 17.4. The van der Waals surface area contributed by atoms with Crippen LogP contribution in [-0.4, -0.2) is 44.6 Å². The number of rotatable bonds is 5. The normalized spacial score (nSPS) is 21.4. The van der Waals surface area contributed by atoms with E-state index in [0.717, 1.165) is 25.0 Å². The van der Waals surface area contributed by atoms with Gasteiger partial charge < -0.3 is 4.57 Å². The van der Waals surface area contributed by atoms with Crippen molar-refractivity contribution < 1.29 is 8.42 Å². The number of sulfonamides is 1. The standard InChI is InChI=1S/C17H23N5O3S/c1-12-18-16(11-20(12)2)26(24,25)22-9-3-4-14(22)10-21-17(23)8-7-15(19-21)13-5-6-13/h7-8,11,13-14H,3-6,9-10H2,1-2H3. The van der Waals surface area contributed by atoms with Gasteiger partial charge >= 0.3 is 0 Å². The van der Waals surface area contributed by atoms with Gasteiger partial charge in [-0.2, -0.15) is 9.40 Å². The third-order valence-electron chi connectivity index (χ3n) is 5.25. The number of imidazole rings is 1. The second kappa shape index (κ2) is 6.31. The lowest BCUT2D eigenvalue weighted by atomic mass is 10.2. The van der Waals surface area contributed by atoms with Crippen LogP contribution in [0.25, 0.3) is 0 Å². The molecule has 1 saturated carbocycles. The van der Waals surface area contributed by atoms with Gasteiger partial charge in [0.25, 0.3) is 15.6 Å². The van der Waals surface area contributed by atoms with Crippen LogP contribution in [0.5, 0.6) is 0 Å². The van der Waals surface area contributed by atoms with Gasteiger partial charge in [-0.1, -0.05) is 0 Å². The first-order chi connectivity index (χ1) is 12.4. The number of hydrogen-bond acceptors (Lipinski definition) is 5. The molecule has 0 radical (unpaired) electrons. The summed E-state index contributed by atoms with van der Waals surface area (Å²) in [5.41, 5.74) is 0.740. The molecule has 9 heteroatoms. The van der Waals surface area contributed by atoms with Crippen LogP contribution in [-0.2, 0) is 23.6 Å². The van der Waals surface area contributed by atoms with E-state index in [4.69, 9.17) is 0 Å². The Kier molecular flexibility index (Phi) is 4.23. The Bertz CT molecular complexity index is 971. The minimum atomic E-state index is -3.68. The average molecular weight is 377 g/mol. The molecular weight excluding hydrogens is 354 g/mol. The molecule has 0 aromatic carbocycles. The van der Waals surface area contributed by atoms with Gasteiger partial charge in [0.1, 0.15) is 5.82 Å². The molecule has 3 heterocycles. The minimum Gasteiger partial charge on any atom is -0.337 e. The van der Waals surface area contributed by atoms with Gasteiger partial charge in [-0.25, -0.2) is 18.1 Å². The Morgan fingerprint density at radius 2 is 2.00 bits per heavy atom. The van der Waals surface area contributed by atoms with Crippen molar-refractivity contribution in [3.8, 4) is 0 Å². The summed E-state index contributed by atoms with van der Waals surface area (Å²) < 4.78 is 30.6. The van der Waals surface area contributed by atoms with E-state index in [1.54, 1.807) is 24.6 Å². The number of nitrogens with zero attached hydrogens (tertiary/aromatic N) is 5. The highest BCUT2D eigenvalue weighted by molar-refractivity contribution is 7.89. The van der Waals surface area contributed by atoms with Crippen molar-refractivity contribution in [2.24, 2.45) is 7.05 Å². The first-order valence-corrected chi connectivity index (χ1v) is 10.4.